The fourth-order valence-corrected chi connectivity index (χ4v) is 1.69. The molecule has 0 heterocycles. The quantitative estimate of drug-likeness (QED) is 0.508. The van der Waals surface area contributed by atoms with Crippen LogP contribution in [0.15, 0.2) is 24.3 Å². The van der Waals surface area contributed by atoms with E-state index in [0.29, 0.717) is 0 Å². The highest BCUT2D eigenvalue weighted by molar-refractivity contribution is 5.74. The molecule has 87 valence electrons. The van der Waals surface area contributed by atoms with Crippen molar-refractivity contribution in [2.45, 2.75) is 39.0 Å². The summed E-state index contributed by atoms with van der Waals surface area (Å²) in [5.74, 6) is 0. The normalized spacial score (nSPS) is 10.1. The van der Waals surface area contributed by atoms with Crippen molar-refractivity contribution in [3.63, 3.8) is 0 Å². The number of hydrogen-bond acceptors (Lipinski definition) is 1. The molecule has 0 bridgehead atoms. The molecule has 1 amide bonds. The lowest BCUT2D eigenvalue weighted by molar-refractivity contribution is 0.554. The maximum Gasteiger partial charge on any atom is 0.316 e. The van der Waals surface area contributed by atoms with Crippen LogP contribution in [0.2, 0.25) is 0 Å². The molecule has 0 spiro atoms. The van der Waals surface area contributed by atoms with Gasteiger partial charge in [0.15, 0.2) is 0 Å². The van der Waals surface area contributed by atoms with E-state index in [1.54, 1.807) is 7.05 Å². The van der Waals surface area contributed by atoms with Gasteiger partial charge in [0.2, 0.25) is 0 Å². The number of amides is 1. The maximum atomic E-state index is 10.4. The van der Waals surface area contributed by atoms with E-state index in [-0.39, 0.29) is 0 Å². The van der Waals surface area contributed by atoms with Gasteiger partial charge in [-0.3, -0.25) is 4.79 Å². The standard InChI is InChI=1S/C14H20NO/c1-3-4-5-6-7-13-8-10-14(11-9-13)15(2)12-16/h8-11H,3-7H2,1-2H3. The van der Waals surface area contributed by atoms with Gasteiger partial charge in [-0.25, -0.2) is 0 Å². The van der Waals surface area contributed by atoms with Crippen molar-refractivity contribution in [1.82, 2.24) is 0 Å². The average Bonchev–Trinajstić information content (AvgIpc) is 2.34. The molecule has 0 saturated heterocycles. The summed E-state index contributed by atoms with van der Waals surface area (Å²) in [6, 6.07) is 8.13. The van der Waals surface area contributed by atoms with E-state index in [1.165, 1.54) is 36.1 Å². The van der Waals surface area contributed by atoms with Crippen LogP contribution in [-0.2, 0) is 11.2 Å². The predicted molar refractivity (Wildman–Crippen MR) is 68.4 cm³/mol. The van der Waals surface area contributed by atoms with Crippen molar-refractivity contribution in [3.8, 4) is 0 Å². The second-order valence-electron chi connectivity index (χ2n) is 4.13. The molecular weight excluding hydrogens is 198 g/mol. The van der Waals surface area contributed by atoms with E-state index in [1.807, 2.05) is 18.5 Å². The molecule has 1 radical (unpaired) electrons. The summed E-state index contributed by atoms with van der Waals surface area (Å²) in [6.07, 6.45) is 8.13. The molecule has 1 aromatic rings. The van der Waals surface area contributed by atoms with Crippen molar-refractivity contribution < 1.29 is 4.79 Å². The monoisotopic (exact) mass is 218 g/mol. The predicted octanol–water partition coefficient (Wildman–Crippen LogP) is 3.31. The number of carbonyl (C=O) groups excluding carboxylic acids is 1. The van der Waals surface area contributed by atoms with Crippen LogP contribution in [-0.4, -0.2) is 13.5 Å². The second-order valence-corrected chi connectivity index (χ2v) is 4.13. The molecule has 2 heteroatoms. The van der Waals surface area contributed by atoms with Gasteiger partial charge < -0.3 is 4.90 Å². The molecule has 0 fully saturated rings. The maximum absolute atomic E-state index is 10.4. The van der Waals surface area contributed by atoms with Gasteiger partial charge in [-0.2, -0.15) is 0 Å². The summed E-state index contributed by atoms with van der Waals surface area (Å²) >= 11 is 0. The zero-order valence-electron chi connectivity index (χ0n) is 10.2. The first kappa shape index (κ1) is 12.8. The number of nitrogens with zero attached hydrogens (tertiary/aromatic N) is 1. The molecule has 0 unspecified atom stereocenters. The van der Waals surface area contributed by atoms with E-state index >= 15 is 0 Å². The van der Waals surface area contributed by atoms with Crippen molar-refractivity contribution in [2.24, 2.45) is 0 Å². The second kappa shape index (κ2) is 7.04. The molecule has 0 aliphatic rings. The fraction of sp³-hybridized carbons (Fsp3) is 0.500. The summed E-state index contributed by atoms with van der Waals surface area (Å²) in [5, 5.41) is 0. The number of aryl methyl sites for hydroxylation is 1. The molecule has 0 aliphatic heterocycles. The Labute approximate surface area is 98.3 Å². The minimum Gasteiger partial charge on any atom is -0.307 e. The zero-order chi connectivity index (χ0) is 11.8. The summed E-state index contributed by atoms with van der Waals surface area (Å²) in [5.41, 5.74) is 2.24. The first-order chi connectivity index (χ1) is 7.77. The Morgan fingerprint density at radius 2 is 1.81 bits per heavy atom. The Bertz CT molecular complexity index is 305. The van der Waals surface area contributed by atoms with E-state index in [0.717, 1.165) is 12.1 Å². The minimum atomic E-state index is 0.896. The Morgan fingerprint density at radius 3 is 2.38 bits per heavy atom. The molecule has 0 aliphatic carbocycles. The van der Waals surface area contributed by atoms with Crippen LogP contribution < -0.4 is 4.90 Å². The largest absolute Gasteiger partial charge is 0.316 e. The SMILES string of the molecule is CCCCCCc1ccc(N(C)[C]=O)cc1. The molecule has 16 heavy (non-hydrogen) atoms. The van der Waals surface area contributed by atoms with Gasteiger partial charge in [-0.1, -0.05) is 38.3 Å². The van der Waals surface area contributed by atoms with Crippen molar-refractivity contribution in [3.05, 3.63) is 29.8 Å². The van der Waals surface area contributed by atoms with Crippen LogP contribution in [0.4, 0.5) is 5.69 Å². The number of rotatable bonds is 7. The van der Waals surface area contributed by atoms with E-state index in [9.17, 15) is 4.79 Å². The lowest BCUT2D eigenvalue weighted by atomic mass is 10.1. The molecule has 1 aromatic carbocycles. The Hall–Kier alpha value is -1.31. The van der Waals surface area contributed by atoms with Gasteiger partial charge in [-0.05, 0) is 30.5 Å². The Morgan fingerprint density at radius 1 is 1.12 bits per heavy atom. The van der Waals surface area contributed by atoms with Crippen LogP contribution in [0, 0.1) is 0 Å². The highest BCUT2D eigenvalue weighted by Crippen LogP contribution is 2.14. The minimum absolute atomic E-state index is 0.896. The van der Waals surface area contributed by atoms with E-state index < -0.39 is 0 Å². The van der Waals surface area contributed by atoms with Gasteiger partial charge in [0.1, 0.15) is 0 Å². The summed E-state index contributed by atoms with van der Waals surface area (Å²) in [6.45, 7) is 2.22. The molecule has 0 N–H and O–H groups in total. The van der Waals surface area contributed by atoms with Crippen LogP contribution in [0.3, 0.4) is 0 Å². The zero-order valence-corrected chi connectivity index (χ0v) is 10.2. The fourth-order valence-electron chi connectivity index (χ4n) is 1.69. The van der Waals surface area contributed by atoms with Crippen LogP contribution in [0.25, 0.3) is 0 Å². The number of unbranched alkanes of at least 4 members (excludes halogenated alkanes) is 3. The third kappa shape index (κ3) is 4.05. The molecule has 0 atom stereocenters. The molecule has 0 aromatic heterocycles. The Balaban J connectivity index is 2.42. The van der Waals surface area contributed by atoms with Crippen LogP contribution in [0.1, 0.15) is 38.2 Å². The number of benzene rings is 1. The van der Waals surface area contributed by atoms with Crippen molar-refractivity contribution in [1.29, 1.82) is 0 Å². The Kier molecular flexibility index (Phi) is 5.62. The first-order valence-electron chi connectivity index (χ1n) is 5.98. The molecular formula is C14H20NO. The lowest BCUT2D eigenvalue weighted by Crippen LogP contribution is -2.13. The summed E-state index contributed by atoms with van der Waals surface area (Å²) < 4.78 is 0. The first-order valence-corrected chi connectivity index (χ1v) is 5.98. The lowest BCUT2D eigenvalue weighted by Gasteiger charge is -2.10. The topological polar surface area (TPSA) is 20.3 Å². The molecule has 1 rings (SSSR count). The highest BCUT2D eigenvalue weighted by atomic mass is 16.1. The van der Waals surface area contributed by atoms with Gasteiger partial charge in [-0.15, -0.1) is 0 Å². The van der Waals surface area contributed by atoms with E-state index in [4.69, 9.17) is 0 Å². The smallest absolute Gasteiger partial charge is 0.307 e. The third-order valence-electron chi connectivity index (χ3n) is 2.78. The summed E-state index contributed by atoms with van der Waals surface area (Å²) in [4.78, 5) is 11.9. The number of hydrogen-bond donors (Lipinski definition) is 0. The third-order valence-corrected chi connectivity index (χ3v) is 2.78. The number of anilines is 1. The molecule has 0 saturated carbocycles. The van der Waals surface area contributed by atoms with Gasteiger partial charge >= 0.3 is 6.41 Å². The highest BCUT2D eigenvalue weighted by Gasteiger charge is 1.99. The summed E-state index contributed by atoms with van der Waals surface area (Å²) in [7, 11) is 1.71. The van der Waals surface area contributed by atoms with Crippen LogP contribution >= 0.6 is 0 Å². The van der Waals surface area contributed by atoms with Gasteiger partial charge in [0.25, 0.3) is 0 Å². The van der Waals surface area contributed by atoms with Gasteiger partial charge in [0, 0.05) is 12.7 Å². The van der Waals surface area contributed by atoms with Crippen LogP contribution in [0.5, 0.6) is 0 Å². The van der Waals surface area contributed by atoms with Crippen molar-refractivity contribution in [2.75, 3.05) is 11.9 Å². The van der Waals surface area contributed by atoms with Gasteiger partial charge in [0.05, 0.1) is 0 Å². The average molecular weight is 218 g/mol. The van der Waals surface area contributed by atoms with Crippen molar-refractivity contribution >= 4 is 12.1 Å². The van der Waals surface area contributed by atoms with E-state index in [2.05, 4.69) is 19.1 Å². The molecule has 2 nitrogen and oxygen atoms in total.